The Hall–Kier alpha value is -0.540. The highest BCUT2D eigenvalue weighted by molar-refractivity contribution is 6.17. The van der Waals surface area contributed by atoms with Crippen molar-refractivity contribution < 1.29 is 0 Å². The van der Waals surface area contributed by atoms with Crippen LogP contribution in [0.3, 0.4) is 0 Å². The van der Waals surface area contributed by atoms with Crippen LogP contribution >= 0.6 is 11.6 Å². The third-order valence-electron chi connectivity index (χ3n) is 2.81. The minimum Gasteiger partial charge on any atom is -0.338 e. The van der Waals surface area contributed by atoms with Gasteiger partial charge in [0.05, 0.1) is 0 Å². The maximum absolute atomic E-state index is 5.64. The van der Waals surface area contributed by atoms with Crippen LogP contribution in [-0.4, -0.2) is 40.5 Å². The number of likely N-dealkylation sites (N-methyl/N-ethyl adjacent to an activating group) is 1. The Kier molecular flexibility index (Phi) is 6.50. The molecule has 0 aromatic carbocycles. The maximum Gasteiger partial charge on any atom is 0.109 e. The van der Waals surface area contributed by atoms with Crippen LogP contribution in [0.2, 0.25) is 0 Å². The number of aromatic nitrogens is 2. The molecule has 0 atom stereocenters. The molecule has 1 rings (SSSR count). The van der Waals surface area contributed by atoms with Crippen molar-refractivity contribution in [3.63, 3.8) is 0 Å². The van der Waals surface area contributed by atoms with Crippen LogP contribution in [0, 0.1) is 0 Å². The molecule has 0 fully saturated rings. The van der Waals surface area contributed by atoms with Gasteiger partial charge in [-0.05, 0) is 26.4 Å². The number of halogens is 1. The van der Waals surface area contributed by atoms with Crippen molar-refractivity contribution in [2.24, 2.45) is 7.05 Å². The second kappa shape index (κ2) is 7.69. The van der Waals surface area contributed by atoms with Gasteiger partial charge in [-0.3, -0.25) is 0 Å². The average Bonchev–Trinajstić information content (AvgIpc) is 2.67. The van der Waals surface area contributed by atoms with Crippen LogP contribution < -0.4 is 0 Å². The standard InChI is InChI=1S/C12H22ClN3/c1-15(9-5-3-4-7-13)10-6-12-14-8-11-16(12)2/h8,11H,3-7,9-10H2,1-2H3. The number of hydrogen-bond acceptors (Lipinski definition) is 2. The summed E-state index contributed by atoms with van der Waals surface area (Å²) in [6, 6.07) is 0. The van der Waals surface area contributed by atoms with Gasteiger partial charge in [-0.25, -0.2) is 4.98 Å². The molecule has 92 valence electrons. The summed E-state index contributed by atoms with van der Waals surface area (Å²) in [7, 11) is 4.21. The molecule has 1 heterocycles. The lowest BCUT2D eigenvalue weighted by molar-refractivity contribution is 0.326. The van der Waals surface area contributed by atoms with Crippen molar-refractivity contribution in [1.29, 1.82) is 0 Å². The highest BCUT2D eigenvalue weighted by Gasteiger charge is 2.02. The molecule has 0 N–H and O–H groups in total. The van der Waals surface area contributed by atoms with Gasteiger partial charge < -0.3 is 9.47 Å². The van der Waals surface area contributed by atoms with E-state index in [1.165, 1.54) is 12.8 Å². The van der Waals surface area contributed by atoms with Gasteiger partial charge in [0.2, 0.25) is 0 Å². The first-order valence-electron chi connectivity index (χ1n) is 5.94. The fraction of sp³-hybridized carbons (Fsp3) is 0.750. The molecule has 16 heavy (non-hydrogen) atoms. The van der Waals surface area contributed by atoms with E-state index in [2.05, 4.69) is 21.5 Å². The van der Waals surface area contributed by atoms with Gasteiger partial charge in [0.25, 0.3) is 0 Å². The maximum atomic E-state index is 5.64. The largest absolute Gasteiger partial charge is 0.338 e. The van der Waals surface area contributed by atoms with E-state index in [9.17, 15) is 0 Å². The molecule has 0 saturated heterocycles. The molecule has 0 aliphatic heterocycles. The first-order valence-corrected chi connectivity index (χ1v) is 6.48. The fourth-order valence-corrected chi connectivity index (χ4v) is 1.88. The van der Waals surface area contributed by atoms with E-state index in [4.69, 9.17) is 11.6 Å². The normalized spacial score (nSPS) is 11.2. The molecule has 1 aromatic rings. The predicted octanol–water partition coefficient (Wildman–Crippen LogP) is 2.30. The lowest BCUT2D eigenvalue weighted by Crippen LogP contribution is -2.23. The zero-order valence-electron chi connectivity index (χ0n) is 10.3. The number of imidazole rings is 1. The van der Waals surface area contributed by atoms with Crippen molar-refractivity contribution in [3.8, 4) is 0 Å². The molecule has 0 unspecified atom stereocenters. The molecular formula is C12H22ClN3. The number of rotatable bonds is 8. The molecular weight excluding hydrogens is 222 g/mol. The smallest absolute Gasteiger partial charge is 0.109 e. The molecule has 0 bridgehead atoms. The van der Waals surface area contributed by atoms with Crippen LogP contribution in [0.15, 0.2) is 12.4 Å². The van der Waals surface area contributed by atoms with E-state index in [0.29, 0.717) is 0 Å². The average molecular weight is 244 g/mol. The molecule has 4 heteroatoms. The topological polar surface area (TPSA) is 21.1 Å². The van der Waals surface area contributed by atoms with E-state index in [-0.39, 0.29) is 0 Å². The Labute approximate surface area is 103 Å². The third-order valence-corrected chi connectivity index (χ3v) is 3.08. The molecule has 0 saturated carbocycles. The molecule has 0 radical (unpaired) electrons. The van der Waals surface area contributed by atoms with Crippen LogP contribution in [0.1, 0.15) is 25.1 Å². The Morgan fingerprint density at radius 1 is 1.31 bits per heavy atom. The minimum atomic E-state index is 0.789. The molecule has 1 aromatic heterocycles. The van der Waals surface area contributed by atoms with Crippen LogP contribution in [0.25, 0.3) is 0 Å². The zero-order valence-corrected chi connectivity index (χ0v) is 11.1. The second-order valence-electron chi connectivity index (χ2n) is 4.26. The Bertz CT molecular complexity index is 286. The SMILES string of the molecule is CN(CCCCCCl)CCc1nccn1C. The lowest BCUT2D eigenvalue weighted by Gasteiger charge is -2.15. The number of alkyl halides is 1. The summed E-state index contributed by atoms with van der Waals surface area (Å²) in [4.78, 5) is 6.68. The quantitative estimate of drug-likeness (QED) is 0.516. The lowest BCUT2D eigenvalue weighted by atomic mass is 10.2. The van der Waals surface area contributed by atoms with Crippen molar-refractivity contribution >= 4 is 11.6 Å². The number of aryl methyl sites for hydroxylation is 1. The van der Waals surface area contributed by atoms with Gasteiger partial charge >= 0.3 is 0 Å². The van der Waals surface area contributed by atoms with Gasteiger partial charge in [-0.1, -0.05) is 6.42 Å². The molecule has 0 spiro atoms. The molecule has 3 nitrogen and oxygen atoms in total. The summed E-state index contributed by atoms with van der Waals surface area (Å²) >= 11 is 5.64. The zero-order chi connectivity index (χ0) is 11.8. The third kappa shape index (κ3) is 4.99. The van der Waals surface area contributed by atoms with E-state index < -0.39 is 0 Å². The van der Waals surface area contributed by atoms with E-state index in [0.717, 1.165) is 37.6 Å². The highest BCUT2D eigenvalue weighted by Crippen LogP contribution is 2.01. The van der Waals surface area contributed by atoms with Crippen molar-refractivity contribution in [3.05, 3.63) is 18.2 Å². The summed E-state index contributed by atoms with van der Waals surface area (Å²) in [6.07, 6.45) is 8.48. The summed E-state index contributed by atoms with van der Waals surface area (Å²) in [5.74, 6) is 1.95. The van der Waals surface area contributed by atoms with E-state index >= 15 is 0 Å². The Morgan fingerprint density at radius 3 is 2.75 bits per heavy atom. The fourth-order valence-electron chi connectivity index (χ4n) is 1.69. The van der Waals surface area contributed by atoms with Crippen LogP contribution in [0.4, 0.5) is 0 Å². The van der Waals surface area contributed by atoms with E-state index in [1.54, 1.807) is 0 Å². The van der Waals surface area contributed by atoms with Crippen molar-refractivity contribution in [2.75, 3.05) is 26.0 Å². The van der Waals surface area contributed by atoms with Gasteiger partial charge in [-0.2, -0.15) is 0 Å². The molecule has 0 aliphatic rings. The summed E-state index contributed by atoms with van der Waals surface area (Å²) in [5.41, 5.74) is 0. The first kappa shape index (κ1) is 13.5. The summed E-state index contributed by atoms with van der Waals surface area (Å²) < 4.78 is 2.08. The second-order valence-corrected chi connectivity index (χ2v) is 4.64. The van der Waals surface area contributed by atoms with Gasteiger partial charge in [0.1, 0.15) is 5.82 Å². The number of nitrogens with zero attached hydrogens (tertiary/aromatic N) is 3. The van der Waals surface area contributed by atoms with Crippen LogP contribution in [0.5, 0.6) is 0 Å². The minimum absolute atomic E-state index is 0.789. The van der Waals surface area contributed by atoms with Crippen molar-refractivity contribution in [2.45, 2.75) is 25.7 Å². The first-order chi connectivity index (χ1) is 7.74. The van der Waals surface area contributed by atoms with E-state index in [1.807, 2.05) is 19.4 Å². The van der Waals surface area contributed by atoms with Crippen molar-refractivity contribution in [1.82, 2.24) is 14.5 Å². The molecule has 0 amide bonds. The summed E-state index contributed by atoms with van der Waals surface area (Å²) in [6.45, 7) is 2.23. The highest BCUT2D eigenvalue weighted by atomic mass is 35.5. The number of unbranched alkanes of at least 4 members (excludes halogenated alkanes) is 2. The van der Waals surface area contributed by atoms with Crippen LogP contribution in [-0.2, 0) is 13.5 Å². The van der Waals surface area contributed by atoms with Gasteiger partial charge in [0, 0.05) is 38.3 Å². The monoisotopic (exact) mass is 243 g/mol. The Morgan fingerprint density at radius 2 is 2.12 bits per heavy atom. The van der Waals surface area contributed by atoms with Gasteiger partial charge in [-0.15, -0.1) is 11.6 Å². The molecule has 0 aliphatic carbocycles. The Balaban J connectivity index is 2.10. The summed E-state index contributed by atoms with van der Waals surface area (Å²) in [5, 5.41) is 0. The number of hydrogen-bond donors (Lipinski definition) is 0. The van der Waals surface area contributed by atoms with Gasteiger partial charge in [0.15, 0.2) is 0 Å². The predicted molar refractivity (Wildman–Crippen MR) is 69.0 cm³/mol.